The van der Waals surface area contributed by atoms with Crippen LogP contribution in [0.3, 0.4) is 0 Å². The number of benzene rings is 3. The smallest absolute Gasteiger partial charge is 0.0687 e. The van der Waals surface area contributed by atoms with Crippen LogP contribution >= 0.6 is 0 Å². The Morgan fingerprint density at radius 3 is 2.30 bits per heavy atom. The molecule has 0 saturated carbocycles. The third-order valence-corrected chi connectivity index (χ3v) is 5.89. The van der Waals surface area contributed by atoms with Crippen molar-refractivity contribution in [1.82, 2.24) is 4.90 Å². The van der Waals surface area contributed by atoms with Crippen LogP contribution in [0, 0.1) is 18.3 Å². The summed E-state index contributed by atoms with van der Waals surface area (Å²) >= 11 is 0. The molecule has 0 atom stereocenters. The minimum absolute atomic E-state index is 0.568. The second-order valence-electron chi connectivity index (χ2n) is 8.11. The molecule has 152 valence electrons. The summed E-state index contributed by atoms with van der Waals surface area (Å²) in [7, 11) is 0. The molecule has 0 amide bonds. The van der Waals surface area contributed by atoms with Crippen LogP contribution in [-0.4, -0.2) is 29.9 Å². The van der Waals surface area contributed by atoms with E-state index in [0.717, 1.165) is 54.9 Å². The van der Waals surface area contributed by atoms with Gasteiger partial charge in [0.1, 0.15) is 0 Å². The highest BCUT2D eigenvalue weighted by Crippen LogP contribution is 2.20. The Hall–Kier alpha value is -3.04. The van der Waals surface area contributed by atoms with Crippen LogP contribution in [-0.2, 0) is 6.54 Å². The number of likely N-dealkylation sites (tertiary alicyclic amines) is 1. The molecule has 0 aromatic heterocycles. The average molecular weight is 396 g/mol. The molecule has 1 aliphatic heterocycles. The Morgan fingerprint density at radius 2 is 1.60 bits per heavy atom. The third-order valence-electron chi connectivity index (χ3n) is 5.89. The van der Waals surface area contributed by atoms with Crippen LogP contribution in [0.1, 0.15) is 35.1 Å². The predicted molar refractivity (Wildman–Crippen MR) is 126 cm³/mol. The van der Waals surface area contributed by atoms with E-state index in [0.29, 0.717) is 11.6 Å². The summed E-state index contributed by atoms with van der Waals surface area (Å²) in [6.45, 7) is 5.24. The Kier molecular flexibility index (Phi) is 6.50. The maximum absolute atomic E-state index is 8.54. The molecule has 3 aromatic carbocycles. The van der Waals surface area contributed by atoms with Gasteiger partial charge in [0, 0.05) is 23.9 Å². The second kappa shape index (κ2) is 9.64. The third kappa shape index (κ3) is 5.11. The van der Waals surface area contributed by atoms with Crippen LogP contribution in [0.4, 0.5) is 5.69 Å². The molecule has 0 bridgehead atoms. The van der Waals surface area contributed by atoms with Gasteiger partial charge >= 0.3 is 0 Å². The number of rotatable bonds is 6. The molecule has 1 N–H and O–H groups in total. The molecule has 0 radical (unpaired) electrons. The minimum Gasteiger partial charge on any atom is -0.300 e. The first-order chi connectivity index (χ1) is 14.7. The number of hydrogen-bond acceptors (Lipinski definition) is 3. The topological polar surface area (TPSA) is 39.5 Å². The van der Waals surface area contributed by atoms with E-state index in [9.17, 15) is 0 Å². The molecule has 30 heavy (non-hydrogen) atoms. The normalized spacial score (nSPS) is 15.5. The highest BCUT2D eigenvalue weighted by Gasteiger charge is 2.18. The summed E-state index contributed by atoms with van der Waals surface area (Å²) in [4.78, 5) is 7.15. The largest absolute Gasteiger partial charge is 0.300 e. The molecule has 0 unspecified atom stereocenters. The molecule has 3 aromatic rings. The number of nitrogens with zero attached hydrogens (tertiary/aromatic N) is 2. The van der Waals surface area contributed by atoms with E-state index in [1.165, 1.54) is 5.56 Å². The van der Waals surface area contributed by atoms with E-state index in [2.05, 4.69) is 53.4 Å². The molecule has 3 nitrogen and oxygen atoms in total. The Bertz CT molecular complexity index is 998. The quantitative estimate of drug-likeness (QED) is 0.509. The Labute approximate surface area is 179 Å². The lowest BCUT2D eigenvalue weighted by molar-refractivity contribution is 0.203. The Morgan fingerprint density at radius 1 is 0.933 bits per heavy atom. The van der Waals surface area contributed by atoms with Gasteiger partial charge in [0.05, 0.1) is 11.4 Å². The van der Waals surface area contributed by atoms with Gasteiger partial charge in [-0.05, 0) is 62.0 Å². The van der Waals surface area contributed by atoms with Gasteiger partial charge in [-0.25, -0.2) is 0 Å². The van der Waals surface area contributed by atoms with Gasteiger partial charge in [-0.2, -0.15) is 0 Å². The standard InChI is InChI=1S/C27H29N3/c1-21-7-5-6-10-26(21)27(28)24-13-11-23(12-14-24)20-30-17-15-22(16-18-30)19-29-25-8-3-2-4-9-25/h2-14,19,22,28H,15-18,20H2,1H3. The van der Waals surface area contributed by atoms with Crippen LogP contribution < -0.4 is 0 Å². The van der Waals surface area contributed by atoms with Crippen molar-refractivity contribution >= 4 is 17.6 Å². The van der Waals surface area contributed by atoms with E-state index in [1.54, 1.807) is 0 Å². The zero-order valence-corrected chi connectivity index (χ0v) is 17.6. The first-order valence-corrected chi connectivity index (χ1v) is 10.7. The molecule has 3 heteroatoms. The van der Waals surface area contributed by atoms with Gasteiger partial charge in [-0.15, -0.1) is 0 Å². The lowest BCUT2D eigenvalue weighted by Crippen LogP contribution is -2.33. The summed E-state index contributed by atoms with van der Waals surface area (Å²) in [5.41, 5.74) is 6.07. The van der Waals surface area contributed by atoms with Crippen LogP contribution in [0.15, 0.2) is 83.9 Å². The van der Waals surface area contributed by atoms with Gasteiger partial charge in [-0.1, -0.05) is 66.7 Å². The van der Waals surface area contributed by atoms with E-state index in [-0.39, 0.29) is 0 Å². The van der Waals surface area contributed by atoms with E-state index in [4.69, 9.17) is 5.41 Å². The Balaban J connectivity index is 1.30. The monoisotopic (exact) mass is 395 g/mol. The van der Waals surface area contributed by atoms with Crippen LogP contribution in [0.25, 0.3) is 0 Å². The summed E-state index contributed by atoms with van der Waals surface area (Å²) < 4.78 is 0. The van der Waals surface area contributed by atoms with Crippen molar-refractivity contribution in [3.63, 3.8) is 0 Å². The van der Waals surface area contributed by atoms with E-state index in [1.807, 2.05) is 48.5 Å². The lowest BCUT2D eigenvalue weighted by atomic mass is 9.96. The molecular formula is C27H29N3. The average Bonchev–Trinajstić information content (AvgIpc) is 2.80. The molecule has 1 aliphatic rings. The molecular weight excluding hydrogens is 366 g/mol. The van der Waals surface area contributed by atoms with Gasteiger partial charge in [-0.3, -0.25) is 15.3 Å². The SMILES string of the molecule is Cc1ccccc1C(=N)c1ccc(CN2CCC(C=Nc3ccccc3)CC2)cc1. The van der Waals surface area contributed by atoms with Crippen molar-refractivity contribution in [3.05, 3.63) is 101 Å². The molecule has 1 fully saturated rings. The fraction of sp³-hybridized carbons (Fsp3) is 0.259. The first kappa shape index (κ1) is 20.2. The summed E-state index contributed by atoms with van der Waals surface area (Å²) in [5, 5.41) is 8.54. The number of hydrogen-bond donors (Lipinski definition) is 1. The first-order valence-electron chi connectivity index (χ1n) is 10.7. The fourth-order valence-corrected chi connectivity index (χ4v) is 4.01. The highest BCUT2D eigenvalue weighted by atomic mass is 15.1. The van der Waals surface area contributed by atoms with Gasteiger partial charge < -0.3 is 0 Å². The lowest BCUT2D eigenvalue weighted by Gasteiger charge is -2.30. The zero-order valence-electron chi connectivity index (χ0n) is 17.6. The highest BCUT2D eigenvalue weighted by molar-refractivity contribution is 6.11. The zero-order chi connectivity index (χ0) is 20.8. The number of aliphatic imine (C=N–C) groups is 1. The summed E-state index contributed by atoms with van der Waals surface area (Å²) in [6, 6.07) is 26.8. The second-order valence-corrected chi connectivity index (χ2v) is 8.11. The van der Waals surface area contributed by atoms with Gasteiger partial charge in [0.25, 0.3) is 0 Å². The van der Waals surface area contributed by atoms with Crippen molar-refractivity contribution in [2.75, 3.05) is 13.1 Å². The molecule has 0 aliphatic carbocycles. The summed E-state index contributed by atoms with van der Waals surface area (Å²) in [5.74, 6) is 0.568. The van der Waals surface area contributed by atoms with Gasteiger partial charge in [0.15, 0.2) is 0 Å². The van der Waals surface area contributed by atoms with Crippen LogP contribution in [0.5, 0.6) is 0 Å². The van der Waals surface area contributed by atoms with E-state index >= 15 is 0 Å². The predicted octanol–water partition coefficient (Wildman–Crippen LogP) is 6.03. The van der Waals surface area contributed by atoms with Gasteiger partial charge in [0.2, 0.25) is 0 Å². The molecule has 4 rings (SSSR count). The molecule has 1 heterocycles. The summed E-state index contributed by atoms with van der Waals surface area (Å²) in [6.07, 6.45) is 4.46. The van der Waals surface area contributed by atoms with Crippen molar-refractivity contribution < 1.29 is 0 Å². The maximum atomic E-state index is 8.54. The number of piperidine rings is 1. The van der Waals surface area contributed by atoms with E-state index < -0.39 is 0 Å². The van der Waals surface area contributed by atoms with Crippen molar-refractivity contribution in [2.45, 2.75) is 26.3 Å². The van der Waals surface area contributed by atoms with Crippen molar-refractivity contribution in [2.24, 2.45) is 10.9 Å². The molecule has 0 spiro atoms. The molecule has 1 saturated heterocycles. The van der Waals surface area contributed by atoms with Crippen molar-refractivity contribution in [1.29, 1.82) is 5.41 Å². The fourth-order valence-electron chi connectivity index (χ4n) is 4.01. The minimum atomic E-state index is 0.568. The van der Waals surface area contributed by atoms with Crippen LogP contribution in [0.2, 0.25) is 0 Å². The number of para-hydroxylation sites is 1. The maximum Gasteiger partial charge on any atom is 0.0687 e. The number of aryl methyl sites for hydroxylation is 1. The van der Waals surface area contributed by atoms with Crippen molar-refractivity contribution in [3.8, 4) is 0 Å². The number of nitrogens with one attached hydrogen (secondary N) is 1.